The molecule has 1 N–H and O–H groups in total. The van der Waals surface area contributed by atoms with E-state index in [4.69, 9.17) is 27.9 Å². The van der Waals surface area contributed by atoms with Crippen molar-refractivity contribution in [3.8, 4) is 16.9 Å². The molecule has 2 aromatic carbocycles. The number of esters is 1. The summed E-state index contributed by atoms with van der Waals surface area (Å²) >= 11 is 11.8. The highest BCUT2D eigenvalue weighted by atomic mass is 35.5. The molecule has 0 aliphatic heterocycles. The van der Waals surface area contributed by atoms with Gasteiger partial charge in [-0.15, -0.1) is 23.2 Å². The number of halogens is 2. The quantitative estimate of drug-likeness (QED) is 0.664. The van der Waals surface area contributed by atoms with E-state index in [9.17, 15) is 9.90 Å². The van der Waals surface area contributed by atoms with Crippen molar-refractivity contribution in [3.63, 3.8) is 0 Å². The minimum atomic E-state index is -0.733. The molecule has 1 fully saturated rings. The second-order valence-corrected chi connectivity index (χ2v) is 6.93. The Labute approximate surface area is 138 Å². The average Bonchev–Trinajstić information content (AvgIpc) is 3.13. The normalized spacial score (nSPS) is 18.7. The van der Waals surface area contributed by atoms with Crippen LogP contribution in [0.4, 0.5) is 0 Å². The van der Waals surface area contributed by atoms with Crippen molar-refractivity contribution in [2.45, 2.75) is 10.8 Å². The summed E-state index contributed by atoms with van der Waals surface area (Å²) in [5.74, 6) is -0.136. The summed E-state index contributed by atoms with van der Waals surface area (Å²) in [7, 11) is 0. The van der Waals surface area contributed by atoms with Gasteiger partial charge in [-0.05, 0) is 41.8 Å². The van der Waals surface area contributed by atoms with E-state index in [1.54, 1.807) is 24.3 Å². The molecule has 3 nitrogen and oxygen atoms in total. The van der Waals surface area contributed by atoms with Crippen molar-refractivity contribution in [3.05, 3.63) is 54.1 Å². The Hall–Kier alpha value is -1.71. The fourth-order valence-electron chi connectivity index (χ4n) is 2.16. The molecular formula is C17H14Cl2O3. The van der Waals surface area contributed by atoms with Crippen LogP contribution in [0.3, 0.4) is 0 Å². The third-order valence-corrected chi connectivity index (χ3v) is 4.62. The fraction of sp³-hybridized carbons (Fsp3) is 0.235. The molecule has 0 unspecified atom stereocenters. The van der Waals surface area contributed by atoms with Crippen LogP contribution in [0, 0.1) is 5.92 Å². The predicted octanol–water partition coefficient (Wildman–Crippen LogP) is 4.41. The maximum absolute atomic E-state index is 11.9. The average molecular weight is 337 g/mol. The molecular weight excluding hydrogens is 323 g/mol. The zero-order valence-corrected chi connectivity index (χ0v) is 13.1. The Kier molecular flexibility index (Phi) is 4.02. The summed E-state index contributed by atoms with van der Waals surface area (Å²) in [5.41, 5.74) is 2.40. The molecule has 0 saturated heterocycles. The molecule has 1 atom stereocenters. The van der Waals surface area contributed by atoms with Crippen LogP contribution in [0.5, 0.6) is 5.75 Å². The summed E-state index contributed by atoms with van der Waals surface area (Å²) in [5, 5.41) is 9.29. The van der Waals surface area contributed by atoms with Gasteiger partial charge in [0.15, 0.2) is 0 Å². The Bertz CT molecular complexity index is 678. The predicted molar refractivity (Wildman–Crippen MR) is 86.4 cm³/mol. The number of carbonyl (C=O) groups excluding carboxylic acids is 1. The van der Waals surface area contributed by atoms with E-state index in [1.165, 1.54) is 0 Å². The van der Waals surface area contributed by atoms with Gasteiger partial charge >= 0.3 is 5.97 Å². The summed E-state index contributed by atoms with van der Waals surface area (Å²) in [6.45, 7) is 0.242. The summed E-state index contributed by atoms with van der Waals surface area (Å²) in [6, 6.07) is 14.0. The van der Waals surface area contributed by atoms with Gasteiger partial charge in [-0.1, -0.05) is 24.3 Å². The van der Waals surface area contributed by atoms with Crippen molar-refractivity contribution >= 4 is 29.2 Å². The van der Waals surface area contributed by atoms with Crippen LogP contribution in [0.1, 0.15) is 16.8 Å². The molecule has 0 radical (unpaired) electrons. The minimum absolute atomic E-state index is 0.0241. The maximum Gasteiger partial charge on any atom is 0.338 e. The fourth-order valence-corrected chi connectivity index (χ4v) is 2.66. The minimum Gasteiger partial charge on any atom is -0.508 e. The lowest BCUT2D eigenvalue weighted by Crippen LogP contribution is -2.09. The second-order valence-electron chi connectivity index (χ2n) is 5.38. The molecule has 5 heteroatoms. The highest BCUT2D eigenvalue weighted by Crippen LogP contribution is 2.53. The smallest absolute Gasteiger partial charge is 0.338 e. The number of phenolic OH excluding ortho intramolecular Hbond substituents is 1. The van der Waals surface area contributed by atoms with E-state index in [2.05, 4.69) is 0 Å². The van der Waals surface area contributed by atoms with Crippen molar-refractivity contribution < 1.29 is 14.6 Å². The van der Waals surface area contributed by atoms with Gasteiger partial charge in [-0.25, -0.2) is 4.79 Å². The topological polar surface area (TPSA) is 46.5 Å². The Morgan fingerprint density at radius 2 is 1.59 bits per heavy atom. The number of hydrogen-bond acceptors (Lipinski definition) is 3. The van der Waals surface area contributed by atoms with Crippen LogP contribution < -0.4 is 0 Å². The Morgan fingerprint density at radius 3 is 2.09 bits per heavy atom. The van der Waals surface area contributed by atoms with Gasteiger partial charge in [-0.2, -0.15) is 0 Å². The zero-order chi connectivity index (χ0) is 15.7. The Morgan fingerprint density at radius 1 is 1.09 bits per heavy atom. The second kappa shape index (κ2) is 5.82. The first kappa shape index (κ1) is 15.2. The van der Waals surface area contributed by atoms with E-state index in [0.717, 1.165) is 11.1 Å². The molecule has 1 aliphatic carbocycles. The standard InChI is InChI=1S/C17H14Cl2O3/c18-17(19)9-14(17)10-22-16(21)13-3-1-11(2-4-13)12-5-7-15(20)8-6-12/h1-8,14,20H,9-10H2/t14-/m1/s1. The van der Waals surface area contributed by atoms with Crippen LogP contribution in [-0.4, -0.2) is 22.0 Å². The zero-order valence-electron chi connectivity index (χ0n) is 11.6. The van der Waals surface area contributed by atoms with Gasteiger partial charge in [-0.3, -0.25) is 0 Å². The van der Waals surface area contributed by atoms with E-state index in [0.29, 0.717) is 12.0 Å². The molecule has 22 heavy (non-hydrogen) atoms. The number of carbonyl (C=O) groups is 1. The lowest BCUT2D eigenvalue weighted by Gasteiger charge is -2.06. The van der Waals surface area contributed by atoms with Gasteiger partial charge in [0.05, 0.1) is 12.2 Å². The monoisotopic (exact) mass is 336 g/mol. The van der Waals surface area contributed by atoms with Crippen LogP contribution in [-0.2, 0) is 4.74 Å². The number of benzene rings is 2. The van der Waals surface area contributed by atoms with Crippen LogP contribution in [0.25, 0.3) is 11.1 Å². The highest BCUT2D eigenvalue weighted by molar-refractivity contribution is 6.50. The van der Waals surface area contributed by atoms with Gasteiger partial charge in [0.1, 0.15) is 10.1 Å². The van der Waals surface area contributed by atoms with Crippen molar-refractivity contribution in [2.24, 2.45) is 5.92 Å². The van der Waals surface area contributed by atoms with Crippen LogP contribution >= 0.6 is 23.2 Å². The number of aromatic hydroxyl groups is 1. The summed E-state index contributed by atoms with van der Waals surface area (Å²) in [6.07, 6.45) is 0.656. The molecule has 3 rings (SSSR count). The molecule has 1 saturated carbocycles. The van der Waals surface area contributed by atoms with E-state index < -0.39 is 4.33 Å². The molecule has 1 aliphatic rings. The third-order valence-electron chi connectivity index (χ3n) is 3.69. The Balaban J connectivity index is 1.63. The first-order valence-corrected chi connectivity index (χ1v) is 7.66. The number of hydrogen-bond donors (Lipinski definition) is 1. The number of phenols is 1. The van der Waals surface area contributed by atoms with Gasteiger partial charge in [0, 0.05) is 5.92 Å². The van der Waals surface area contributed by atoms with E-state index in [1.807, 2.05) is 24.3 Å². The number of ether oxygens (including phenoxy) is 1. The van der Waals surface area contributed by atoms with Gasteiger partial charge < -0.3 is 9.84 Å². The van der Waals surface area contributed by atoms with Crippen LogP contribution in [0.2, 0.25) is 0 Å². The molecule has 2 aromatic rings. The van der Waals surface area contributed by atoms with Crippen molar-refractivity contribution in [1.29, 1.82) is 0 Å². The largest absolute Gasteiger partial charge is 0.508 e. The summed E-state index contributed by atoms with van der Waals surface area (Å²) in [4.78, 5) is 11.9. The van der Waals surface area contributed by atoms with Crippen LogP contribution in [0.15, 0.2) is 48.5 Å². The first-order chi connectivity index (χ1) is 10.5. The first-order valence-electron chi connectivity index (χ1n) is 6.90. The highest BCUT2D eigenvalue weighted by Gasteiger charge is 2.52. The molecule has 0 amide bonds. The van der Waals surface area contributed by atoms with Crippen molar-refractivity contribution in [2.75, 3.05) is 6.61 Å². The molecule has 0 bridgehead atoms. The lowest BCUT2D eigenvalue weighted by atomic mass is 10.0. The third kappa shape index (κ3) is 3.37. The van der Waals surface area contributed by atoms with Gasteiger partial charge in [0.2, 0.25) is 0 Å². The molecule has 114 valence electrons. The molecule has 0 heterocycles. The SMILES string of the molecule is O=C(OC[C@H]1CC1(Cl)Cl)c1ccc(-c2ccc(O)cc2)cc1. The van der Waals surface area contributed by atoms with E-state index >= 15 is 0 Å². The maximum atomic E-state index is 11.9. The number of alkyl halides is 2. The lowest BCUT2D eigenvalue weighted by molar-refractivity contribution is 0.0485. The van der Waals surface area contributed by atoms with Crippen molar-refractivity contribution in [1.82, 2.24) is 0 Å². The summed E-state index contributed by atoms with van der Waals surface area (Å²) < 4.78 is 4.47. The number of rotatable bonds is 4. The molecule has 0 spiro atoms. The van der Waals surface area contributed by atoms with Gasteiger partial charge in [0.25, 0.3) is 0 Å². The molecule has 0 aromatic heterocycles. The van der Waals surface area contributed by atoms with E-state index in [-0.39, 0.29) is 24.2 Å².